The number of carbonyl (C=O) groups excluding carboxylic acids is 2. The van der Waals surface area contributed by atoms with Gasteiger partial charge in [0.15, 0.2) is 6.61 Å². The standard InChI is InChI=1S/C18H22N2O5/c1-11-7-8-13(9-12(11)2)25-10-16(21)19-20-17(22)14-5-3-4-6-15(14)18(23)24/h3-4,7-9,14-15H,5-6,10H2,1-2H3,(H,19,21)(H,20,22)(H,23,24)/t14-,15+/m0/s1. The molecule has 0 saturated carbocycles. The first-order valence-electron chi connectivity index (χ1n) is 8.05. The van der Waals surface area contributed by atoms with Crippen molar-refractivity contribution in [2.24, 2.45) is 11.8 Å². The monoisotopic (exact) mass is 346 g/mol. The number of hydrazine groups is 1. The summed E-state index contributed by atoms with van der Waals surface area (Å²) in [5.41, 5.74) is 6.71. The minimum Gasteiger partial charge on any atom is -0.484 e. The fourth-order valence-corrected chi connectivity index (χ4v) is 2.59. The highest BCUT2D eigenvalue weighted by Crippen LogP contribution is 2.25. The van der Waals surface area contributed by atoms with Gasteiger partial charge in [-0.25, -0.2) is 0 Å². The quantitative estimate of drug-likeness (QED) is 0.553. The summed E-state index contributed by atoms with van der Waals surface area (Å²) in [4.78, 5) is 35.1. The minimum absolute atomic E-state index is 0.254. The Kier molecular flexibility index (Phi) is 6.16. The molecule has 2 rings (SSSR count). The molecule has 0 radical (unpaired) electrons. The van der Waals surface area contributed by atoms with E-state index in [-0.39, 0.29) is 6.61 Å². The van der Waals surface area contributed by atoms with Crippen LogP contribution < -0.4 is 15.6 Å². The molecular formula is C18H22N2O5. The van der Waals surface area contributed by atoms with E-state index in [0.29, 0.717) is 18.6 Å². The highest BCUT2D eigenvalue weighted by molar-refractivity contribution is 5.87. The van der Waals surface area contributed by atoms with Crippen molar-refractivity contribution in [2.45, 2.75) is 26.7 Å². The number of aryl methyl sites for hydroxylation is 2. The summed E-state index contributed by atoms with van der Waals surface area (Å²) in [6.07, 6.45) is 4.15. The van der Waals surface area contributed by atoms with Crippen molar-refractivity contribution >= 4 is 17.8 Å². The highest BCUT2D eigenvalue weighted by Gasteiger charge is 2.34. The molecule has 0 saturated heterocycles. The van der Waals surface area contributed by atoms with E-state index in [9.17, 15) is 14.4 Å². The number of carboxylic acid groups (broad SMARTS) is 1. The van der Waals surface area contributed by atoms with E-state index in [1.165, 1.54) is 0 Å². The van der Waals surface area contributed by atoms with Gasteiger partial charge in [0.1, 0.15) is 5.75 Å². The van der Waals surface area contributed by atoms with Crippen LogP contribution in [0.1, 0.15) is 24.0 Å². The average Bonchev–Trinajstić information content (AvgIpc) is 2.60. The Balaban J connectivity index is 1.80. The van der Waals surface area contributed by atoms with E-state index >= 15 is 0 Å². The smallest absolute Gasteiger partial charge is 0.307 e. The fraction of sp³-hybridized carbons (Fsp3) is 0.389. The van der Waals surface area contributed by atoms with Crippen molar-refractivity contribution in [3.8, 4) is 5.75 Å². The number of carbonyl (C=O) groups is 3. The van der Waals surface area contributed by atoms with E-state index in [1.807, 2.05) is 26.0 Å². The van der Waals surface area contributed by atoms with Gasteiger partial charge in [0, 0.05) is 0 Å². The van der Waals surface area contributed by atoms with Gasteiger partial charge in [0.2, 0.25) is 5.91 Å². The van der Waals surface area contributed by atoms with E-state index in [1.54, 1.807) is 18.2 Å². The zero-order chi connectivity index (χ0) is 18.4. The highest BCUT2D eigenvalue weighted by atomic mass is 16.5. The first kappa shape index (κ1) is 18.5. The number of hydrogen-bond donors (Lipinski definition) is 3. The van der Waals surface area contributed by atoms with Gasteiger partial charge in [-0.2, -0.15) is 0 Å². The van der Waals surface area contributed by atoms with Gasteiger partial charge in [-0.1, -0.05) is 18.2 Å². The maximum Gasteiger partial charge on any atom is 0.307 e. The Morgan fingerprint density at radius 2 is 1.76 bits per heavy atom. The summed E-state index contributed by atoms with van der Waals surface area (Å²) in [5.74, 6) is -2.99. The molecule has 7 nitrogen and oxygen atoms in total. The molecule has 134 valence electrons. The Labute approximate surface area is 146 Å². The molecule has 1 aliphatic rings. The van der Waals surface area contributed by atoms with Gasteiger partial charge in [0.05, 0.1) is 11.8 Å². The lowest BCUT2D eigenvalue weighted by Gasteiger charge is -2.24. The Morgan fingerprint density at radius 3 is 2.40 bits per heavy atom. The number of benzene rings is 1. The molecule has 1 aromatic carbocycles. The van der Waals surface area contributed by atoms with E-state index in [4.69, 9.17) is 9.84 Å². The van der Waals surface area contributed by atoms with Gasteiger partial charge >= 0.3 is 5.97 Å². The minimum atomic E-state index is -1.02. The largest absolute Gasteiger partial charge is 0.484 e. The number of nitrogens with one attached hydrogen (secondary N) is 2. The maximum atomic E-state index is 12.1. The maximum absolute atomic E-state index is 12.1. The molecule has 1 aliphatic carbocycles. The zero-order valence-electron chi connectivity index (χ0n) is 14.2. The molecular weight excluding hydrogens is 324 g/mol. The number of rotatable bonds is 5. The molecule has 0 bridgehead atoms. The van der Waals surface area contributed by atoms with E-state index in [0.717, 1.165) is 11.1 Å². The van der Waals surface area contributed by atoms with Crippen LogP contribution in [0.3, 0.4) is 0 Å². The number of amides is 2. The fourth-order valence-electron chi connectivity index (χ4n) is 2.59. The van der Waals surface area contributed by atoms with Crippen LogP contribution in [0.4, 0.5) is 0 Å². The second-order valence-electron chi connectivity index (χ2n) is 6.07. The Bertz CT molecular complexity index is 699. The molecule has 25 heavy (non-hydrogen) atoms. The third kappa shape index (κ3) is 5.07. The Morgan fingerprint density at radius 1 is 1.08 bits per heavy atom. The zero-order valence-corrected chi connectivity index (χ0v) is 14.2. The molecule has 2 atom stereocenters. The molecule has 0 spiro atoms. The number of carboxylic acids is 1. The lowest BCUT2D eigenvalue weighted by atomic mass is 9.82. The normalized spacial score (nSPS) is 19.1. The molecule has 0 aliphatic heterocycles. The average molecular weight is 346 g/mol. The number of allylic oxidation sites excluding steroid dienone is 2. The predicted molar refractivity (Wildman–Crippen MR) is 90.7 cm³/mol. The van der Waals surface area contributed by atoms with Crippen molar-refractivity contribution in [3.63, 3.8) is 0 Å². The van der Waals surface area contributed by atoms with Gasteiger partial charge in [0.25, 0.3) is 5.91 Å². The summed E-state index contributed by atoms with van der Waals surface area (Å²) >= 11 is 0. The van der Waals surface area contributed by atoms with Gasteiger partial charge in [-0.3, -0.25) is 25.2 Å². The first-order chi connectivity index (χ1) is 11.9. The molecule has 0 heterocycles. The number of hydrogen-bond acceptors (Lipinski definition) is 4. The summed E-state index contributed by atoms with van der Waals surface area (Å²) in [6.45, 7) is 3.67. The van der Waals surface area contributed by atoms with Crippen LogP contribution in [-0.4, -0.2) is 29.5 Å². The number of aliphatic carboxylic acids is 1. The molecule has 2 amide bonds. The van der Waals surface area contributed by atoms with Crippen molar-refractivity contribution in [1.82, 2.24) is 10.9 Å². The number of ether oxygens (including phenoxy) is 1. The van der Waals surface area contributed by atoms with Crippen LogP contribution in [0.15, 0.2) is 30.4 Å². The topological polar surface area (TPSA) is 105 Å². The van der Waals surface area contributed by atoms with E-state index < -0.39 is 29.6 Å². The second-order valence-corrected chi connectivity index (χ2v) is 6.07. The van der Waals surface area contributed by atoms with Crippen molar-refractivity contribution in [1.29, 1.82) is 0 Å². The van der Waals surface area contributed by atoms with Gasteiger partial charge < -0.3 is 9.84 Å². The van der Waals surface area contributed by atoms with Crippen LogP contribution >= 0.6 is 0 Å². The van der Waals surface area contributed by atoms with Crippen molar-refractivity contribution in [3.05, 3.63) is 41.5 Å². The second kappa shape index (κ2) is 8.32. The van der Waals surface area contributed by atoms with Crippen LogP contribution in [0.2, 0.25) is 0 Å². The van der Waals surface area contributed by atoms with Crippen molar-refractivity contribution in [2.75, 3.05) is 6.61 Å². The van der Waals surface area contributed by atoms with Crippen LogP contribution in [-0.2, 0) is 14.4 Å². The van der Waals surface area contributed by atoms with Gasteiger partial charge in [-0.15, -0.1) is 0 Å². The SMILES string of the molecule is Cc1ccc(OCC(=O)NNC(=O)[C@H]2CC=CC[C@H]2C(=O)O)cc1C. The first-order valence-corrected chi connectivity index (χ1v) is 8.05. The molecule has 0 fully saturated rings. The molecule has 0 unspecified atom stereocenters. The van der Waals surface area contributed by atoms with Crippen LogP contribution in [0, 0.1) is 25.7 Å². The third-order valence-electron chi connectivity index (χ3n) is 4.26. The van der Waals surface area contributed by atoms with Crippen molar-refractivity contribution < 1.29 is 24.2 Å². The van der Waals surface area contributed by atoms with Crippen LogP contribution in [0.5, 0.6) is 5.75 Å². The molecule has 3 N–H and O–H groups in total. The lowest BCUT2D eigenvalue weighted by molar-refractivity contribution is -0.147. The summed E-state index contributed by atoms with van der Waals surface area (Å²) in [7, 11) is 0. The Hall–Kier alpha value is -2.83. The van der Waals surface area contributed by atoms with Gasteiger partial charge in [-0.05, 0) is 49.9 Å². The molecule has 7 heteroatoms. The third-order valence-corrected chi connectivity index (χ3v) is 4.26. The molecule has 1 aromatic rings. The predicted octanol–water partition coefficient (Wildman–Crippen LogP) is 1.50. The van der Waals surface area contributed by atoms with Crippen LogP contribution in [0.25, 0.3) is 0 Å². The summed E-state index contributed by atoms with van der Waals surface area (Å²) in [5, 5.41) is 9.17. The van der Waals surface area contributed by atoms with E-state index in [2.05, 4.69) is 10.9 Å². The summed E-state index contributed by atoms with van der Waals surface area (Å²) < 4.78 is 5.37. The summed E-state index contributed by atoms with van der Waals surface area (Å²) in [6, 6.07) is 5.49. The lowest BCUT2D eigenvalue weighted by Crippen LogP contribution is -2.48. The molecule has 0 aromatic heterocycles.